The molecular weight excluding hydrogens is 1260 g/mol. The Hall–Kier alpha value is -3.76. The maximum Gasteiger partial charge on any atom is 0.472 e. The summed E-state index contributed by atoms with van der Waals surface area (Å²) in [6.45, 7) is 4.65. The van der Waals surface area contributed by atoms with Crippen LogP contribution in [0.1, 0.15) is 323 Å². The molecule has 5 atom stereocenters. The second-order valence-corrected chi connectivity index (χ2v) is 28.1. The largest absolute Gasteiger partial charge is 0.472 e. The summed E-state index contributed by atoms with van der Waals surface area (Å²) in [6, 6.07) is 0. The molecule has 0 aliphatic heterocycles. The number of rotatable bonds is 71. The highest BCUT2D eigenvalue weighted by atomic mass is 31.2. The minimum absolute atomic E-state index is 0.0821. The zero-order chi connectivity index (χ0) is 70.4. The van der Waals surface area contributed by atoms with Crippen LogP contribution in [0.3, 0.4) is 0 Å². The van der Waals surface area contributed by atoms with Crippen LogP contribution in [0.15, 0.2) is 85.1 Å². The van der Waals surface area contributed by atoms with Crippen LogP contribution in [0.25, 0.3) is 0 Å². The Balaban J connectivity index is 5.36. The van der Waals surface area contributed by atoms with Gasteiger partial charge >= 0.3 is 39.5 Å². The Labute approximate surface area is 583 Å². The van der Waals surface area contributed by atoms with Crippen LogP contribution < -0.4 is 0 Å². The maximum absolute atomic E-state index is 13.1. The van der Waals surface area contributed by atoms with E-state index in [-0.39, 0.29) is 25.7 Å². The van der Waals surface area contributed by atoms with Crippen LogP contribution in [0.4, 0.5) is 0 Å². The van der Waals surface area contributed by atoms with E-state index in [0.29, 0.717) is 25.7 Å². The summed E-state index contributed by atoms with van der Waals surface area (Å²) in [5.41, 5.74) is 0. The van der Waals surface area contributed by atoms with Crippen molar-refractivity contribution in [3.8, 4) is 0 Å². The number of ether oxygens (including phenoxy) is 4. The topological polar surface area (TPSA) is 237 Å². The molecule has 0 aromatic heterocycles. The lowest BCUT2D eigenvalue weighted by atomic mass is 10.1. The van der Waals surface area contributed by atoms with Crippen molar-refractivity contribution in [2.24, 2.45) is 0 Å². The average Bonchev–Trinajstić information content (AvgIpc) is 1.36. The number of allylic oxidation sites excluding steroid dienone is 14. The quantitative estimate of drug-likeness (QED) is 0.0169. The van der Waals surface area contributed by atoms with E-state index in [2.05, 4.69) is 113 Å². The van der Waals surface area contributed by atoms with E-state index >= 15 is 0 Å². The zero-order valence-electron chi connectivity index (χ0n) is 60.5. The molecule has 0 aliphatic carbocycles. The van der Waals surface area contributed by atoms with Gasteiger partial charge in [-0.1, -0.05) is 248 Å². The van der Waals surface area contributed by atoms with Crippen molar-refractivity contribution >= 4 is 39.5 Å². The van der Waals surface area contributed by atoms with Crippen molar-refractivity contribution < 1.29 is 80.2 Å². The van der Waals surface area contributed by atoms with Crippen LogP contribution in [0.5, 0.6) is 0 Å². The second-order valence-electron chi connectivity index (χ2n) is 25.2. The molecular formula is C77H136O17P2. The molecule has 0 saturated heterocycles. The molecule has 0 aliphatic rings. The molecule has 0 amide bonds. The summed E-state index contributed by atoms with van der Waals surface area (Å²) >= 11 is 0. The number of hydrogen-bond donors (Lipinski definition) is 3. The summed E-state index contributed by atoms with van der Waals surface area (Å²) in [4.78, 5) is 72.8. The summed E-state index contributed by atoms with van der Waals surface area (Å²) in [5.74, 6) is -2.21. The van der Waals surface area contributed by atoms with E-state index < -0.39 is 97.5 Å². The smallest absolute Gasteiger partial charge is 0.462 e. The number of phosphoric ester groups is 2. The average molecular weight is 1400 g/mol. The van der Waals surface area contributed by atoms with Gasteiger partial charge in [0.25, 0.3) is 0 Å². The molecule has 0 fully saturated rings. The first kappa shape index (κ1) is 92.2. The molecule has 0 spiro atoms. The minimum atomic E-state index is -4.98. The summed E-state index contributed by atoms with van der Waals surface area (Å²) < 4.78 is 68.4. The molecule has 0 heterocycles. The van der Waals surface area contributed by atoms with E-state index in [0.717, 1.165) is 180 Å². The lowest BCUT2D eigenvalue weighted by molar-refractivity contribution is -0.161. The van der Waals surface area contributed by atoms with E-state index in [1.54, 1.807) is 0 Å². The van der Waals surface area contributed by atoms with Gasteiger partial charge in [0.05, 0.1) is 26.4 Å². The molecule has 0 aromatic carbocycles. The fraction of sp³-hybridized carbons (Fsp3) is 0.766. The first-order chi connectivity index (χ1) is 46.7. The van der Waals surface area contributed by atoms with Crippen molar-refractivity contribution in [1.29, 1.82) is 0 Å². The molecule has 0 aromatic rings. The van der Waals surface area contributed by atoms with Gasteiger partial charge in [-0.05, 0) is 135 Å². The third kappa shape index (κ3) is 68.8. The van der Waals surface area contributed by atoms with Gasteiger partial charge in [0.15, 0.2) is 12.2 Å². The number of hydrogen-bond acceptors (Lipinski definition) is 15. The van der Waals surface area contributed by atoms with Gasteiger partial charge in [-0.15, -0.1) is 0 Å². The predicted octanol–water partition coefficient (Wildman–Crippen LogP) is 21.4. The highest BCUT2D eigenvalue weighted by Crippen LogP contribution is 2.45. The van der Waals surface area contributed by atoms with Crippen molar-refractivity contribution in [1.82, 2.24) is 0 Å². The monoisotopic (exact) mass is 1390 g/mol. The third-order valence-electron chi connectivity index (χ3n) is 15.8. The Bertz CT molecular complexity index is 2160. The van der Waals surface area contributed by atoms with Gasteiger partial charge in [0.2, 0.25) is 0 Å². The zero-order valence-corrected chi connectivity index (χ0v) is 62.3. The Morgan fingerprint density at radius 1 is 0.302 bits per heavy atom. The van der Waals surface area contributed by atoms with Gasteiger partial charge in [0.1, 0.15) is 19.3 Å². The molecule has 0 saturated carbocycles. The third-order valence-corrected chi connectivity index (χ3v) is 17.7. The molecule has 96 heavy (non-hydrogen) atoms. The van der Waals surface area contributed by atoms with E-state index in [4.69, 9.17) is 37.0 Å². The van der Waals surface area contributed by atoms with Gasteiger partial charge in [-0.3, -0.25) is 37.3 Å². The molecule has 5 unspecified atom stereocenters. The summed E-state index contributed by atoms with van der Waals surface area (Å²) in [5, 5.41) is 10.6. The number of aliphatic hydroxyl groups excluding tert-OH is 1. The number of phosphoric acid groups is 2. The number of carbonyl (C=O) groups is 4. The summed E-state index contributed by atoms with van der Waals surface area (Å²) in [7, 11) is -9.95. The number of esters is 4. The van der Waals surface area contributed by atoms with E-state index in [1.165, 1.54) is 64.2 Å². The van der Waals surface area contributed by atoms with Gasteiger partial charge in [0, 0.05) is 25.7 Å². The fourth-order valence-corrected chi connectivity index (χ4v) is 11.6. The van der Waals surface area contributed by atoms with Crippen LogP contribution >= 0.6 is 15.6 Å². The summed E-state index contributed by atoms with van der Waals surface area (Å²) in [6.07, 6.45) is 70.0. The van der Waals surface area contributed by atoms with Gasteiger partial charge in [-0.2, -0.15) is 0 Å². The highest BCUT2D eigenvalue weighted by molar-refractivity contribution is 7.47. The maximum atomic E-state index is 13.1. The molecule has 0 rings (SSSR count). The second kappa shape index (κ2) is 69.7. The van der Waals surface area contributed by atoms with Gasteiger partial charge < -0.3 is 33.8 Å². The predicted molar refractivity (Wildman–Crippen MR) is 390 cm³/mol. The first-order valence-corrected chi connectivity index (χ1v) is 40.8. The molecule has 17 nitrogen and oxygen atoms in total. The minimum Gasteiger partial charge on any atom is -0.462 e. The lowest BCUT2D eigenvalue weighted by Crippen LogP contribution is -2.30. The van der Waals surface area contributed by atoms with E-state index in [1.807, 2.05) is 0 Å². The molecule has 556 valence electrons. The van der Waals surface area contributed by atoms with E-state index in [9.17, 15) is 43.2 Å². The Morgan fingerprint density at radius 2 is 0.562 bits per heavy atom. The fourth-order valence-electron chi connectivity index (χ4n) is 10.0. The van der Waals surface area contributed by atoms with Crippen molar-refractivity contribution in [3.05, 3.63) is 85.1 Å². The Morgan fingerprint density at radius 3 is 0.896 bits per heavy atom. The van der Waals surface area contributed by atoms with Crippen molar-refractivity contribution in [2.75, 3.05) is 39.6 Å². The lowest BCUT2D eigenvalue weighted by Gasteiger charge is -2.21. The number of aliphatic hydroxyl groups is 1. The number of carbonyl (C=O) groups excluding carboxylic acids is 4. The van der Waals surface area contributed by atoms with Crippen molar-refractivity contribution in [3.63, 3.8) is 0 Å². The van der Waals surface area contributed by atoms with Crippen LogP contribution in [0, 0.1) is 0 Å². The standard InChI is InChI=1S/C77H136O17P2/c1-5-9-13-17-21-25-29-33-35-39-42-46-50-54-58-62-75(80)88-68-73(94-77(82)64-60-56-52-48-44-40-36-34-30-26-22-18-14-10-6-2)70-92-96(85,86)90-66-71(78)65-89-95(83,84)91-69-72(93-76(81)63-59-55-51-47-43-38-32-28-24-20-16-12-8-4)67-87-74(79)61-57-53-49-45-41-37-31-27-23-19-15-11-7-3/h9,13,15,19,21,25,27-28,31-36,71-73,78H,5-8,10-12,14,16-18,20,22-24,26,29-30,37-70H2,1-4H3,(H,83,84)(H,85,86)/b13-9-,19-15-,25-21-,31-27-,32-28-,35-33-,36-34-. The molecule has 0 radical (unpaired) electrons. The highest BCUT2D eigenvalue weighted by Gasteiger charge is 2.30. The Kier molecular flexibility index (Phi) is 67.0. The SMILES string of the molecule is CC/C=C\C/C=C\C/C=C\CCCCCCCC(=O)OCC(COP(=O)(O)OCC(O)COP(=O)(O)OCC(COC(=O)CCCCCCC/C=C\C/C=C\CCC)OC(=O)CCCCCCC/C=C\CCCCCC)OC(=O)CCCCCCC/C=C\CCCCCCCC. The number of unbranched alkanes of at least 4 members (excludes halogenated alkanes) is 31. The molecule has 3 N–H and O–H groups in total. The van der Waals surface area contributed by atoms with Crippen LogP contribution in [-0.2, 0) is 65.4 Å². The molecule has 0 bridgehead atoms. The van der Waals surface area contributed by atoms with Gasteiger partial charge in [-0.25, -0.2) is 9.13 Å². The van der Waals surface area contributed by atoms with Crippen molar-refractivity contribution in [2.45, 2.75) is 341 Å². The van der Waals surface area contributed by atoms with Crippen LogP contribution in [0.2, 0.25) is 0 Å². The van der Waals surface area contributed by atoms with Crippen LogP contribution in [-0.4, -0.2) is 96.7 Å². The normalized spacial score (nSPS) is 14.4. The molecule has 19 heteroatoms. The first-order valence-electron chi connectivity index (χ1n) is 37.8.